The predicted octanol–water partition coefficient (Wildman–Crippen LogP) is 1.97. The van der Waals surface area contributed by atoms with Gasteiger partial charge >= 0.3 is 5.97 Å². The fourth-order valence-corrected chi connectivity index (χ4v) is 1.60. The Balaban J connectivity index is 0.000000511. The van der Waals surface area contributed by atoms with Crippen molar-refractivity contribution in [3.63, 3.8) is 0 Å². The van der Waals surface area contributed by atoms with Crippen LogP contribution in [0.1, 0.15) is 46.5 Å². The summed E-state index contributed by atoms with van der Waals surface area (Å²) >= 11 is 0. The highest BCUT2D eigenvalue weighted by Gasteiger charge is 2.23. The second-order valence-electron chi connectivity index (χ2n) is 6.15. The first-order chi connectivity index (χ1) is 9.18. The molecule has 1 aliphatic rings. The average molecular weight is 288 g/mol. The summed E-state index contributed by atoms with van der Waals surface area (Å²) in [4.78, 5) is 9.60. The minimum atomic E-state index is -0.935. The van der Waals surface area contributed by atoms with Gasteiger partial charge in [0.2, 0.25) is 0 Å². The smallest absolute Gasteiger partial charge is 0.330 e. The number of ether oxygens (including phenoxy) is 1. The molecule has 0 unspecified atom stereocenters. The number of hydrogen-bond donors (Lipinski definition) is 3. The van der Waals surface area contributed by atoms with Gasteiger partial charge in [-0.15, -0.1) is 0 Å². The van der Waals surface area contributed by atoms with Crippen LogP contribution >= 0.6 is 0 Å². The topological polar surface area (TPSA) is 87.0 Å². The molecule has 20 heavy (non-hydrogen) atoms. The molecule has 0 amide bonds. The Labute approximate surface area is 121 Å². The van der Waals surface area contributed by atoms with Gasteiger partial charge in [0.1, 0.15) is 0 Å². The average Bonchev–Trinajstić information content (AvgIpc) is 2.39. The second kappa shape index (κ2) is 9.10. The predicted molar refractivity (Wildman–Crippen MR) is 77.5 cm³/mol. The molecule has 3 N–H and O–H groups in total. The summed E-state index contributed by atoms with van der Waals surface area (Å²) in [6.45, 7) is 9.34. The molecule has 0 aromatic carbocycles. The van der Waals surface area contributed by atoms with Gasteiger partial charge < -0.3 is 20.1 Å². The summed E-state index contributed by atoms with van der Waals surface area (Å²) in [7, 11) is 0. The summed E-state index contributed by atoms with van der Waals surface area (Å²) in [5, 5.41) is 26.2. The van der Waals surface area contributed by atoms with Crippen molar-refractivity contribution in [2.45, 2.75) is 58.7 Å². The van der Waals surface area contributed by atoms with E-state index in [4.69, 9.17) is 14.9 Å². The van der Waals surface area contributed by atoms with E-state index >= 15 is 0 Å². The number of aliphatic hydroxyl groups is 2. The van der Waals surface area contributed by atoms with Crippen molar-refractivity contribution in [2.75, 3.05) is 13.2 Å². The molecule has 0 saturated heterocycles. The number of carboxylic acids is 1. The van der Waals surface area contributed by atoms with Crippen molar-refractivity contribution in [2.24, 2.45) is 5.41 Å². The third-order valence-electron chi connectivity index (χ3n) is 3.15. The van der Waals surface area contributed by atoms with Crippen LogP contribution in [0, 0.1) is 5.41 Å². The maximum atomic E-state index is 9.60. The van der Waals surface area contributed by atoms with Crippen molar-refractivity contribution in [1.29, 1.82) is 0 Å². The third-order valence-corrected chi connectivity index (χ3v) is 3.15. The van der Waals surface area contributed by atoms with E-state index in [-0.39, 0.29) is 29.8 Å². The molecule has 1 saturated carbocycles. The fraction of sp³-hybridized carbons (Fsp3) is 0.800. The zero-order valence-electron chi connectivity index (χ0n) is 12.8. The quantitative estimate of drug-likeness (QED) is 0.673. The molecule has 1 rings (SSSR count). The fourth-order valence-electron chi connectivity index (χ4n) is 1.60. The van der Waals surface area contributed by atoms with Crippen LogP contribution in [0.2, 0.25) is 0 Å². The maximum Gasteiger partial charge on any atom is 0.330 e. The number of hydrogen-bond acceptors (Lipinski definition) is 4. The lowest BCUT2D eigenvalue weighted by atomic mass is 9.93. The highest BCUT2D eigenvalue weighted by molar-refractivity contribution is 5.84. The van der Waals surface area contributed by atoms with E-state index in [1.54, 1.807) is 0 Å². The minimum absolute atomic E-state index is 0.124. The summed E-state index contributed by atoms with van der Waals surface area (Å²) in [5.74, 6) is -0.935. The van der Waals surface area contributed by atoms with Gasteiger partial charge in [-0.25, -0.2) is 4.79 Å². The molecule has 0 bridgehead atoms. The zero-order chi connectivity index (χ0) is 15.8. The van der Waals surface area contributed by atoms with Gasteiger partial charge in [-0.1, -0.05) is 20.4 Å². The Bertz CT molecular complexity index is 291. The van der Waals surface area contributed by atoms with Gasteiger partial charge in [-0.2, -0.15) is 0 Å². The highest BCUT2D eigenvalue weighted by atomic mass is 16.5. The molecule has 0 atom stereocenters. The molecule has 1 fully saturated rings. The summed E-state index contributed by atoms with van der Waals surface area (Å²) in [6.07, 6.45) is 3.75. The SMILES string of the molecule is C=C(C)C(=O)O.CC(C)(CO)COC1CCC(O)CC1. The van der Waals surface area contributed by atoms with Gasteiger partial charge in [0.25, 0.3) is 0 Å². The van der Waals surface area contributed by atoms with Crippen LogP contribution in [0.5, 0.6) is 0 Å². The number of aliphatic hydroxyl groups excluding tert-OH is 2. The zero-order valence-corrected chi connectivity index (χ0v) is 12.8. The van der Waals surface area contributed by atoms with Crippen molar-refractivity contribution < 1.29 is 24.9 Å². The first-order valence-electron chi connectivity index (χ1n) is 6.97. The number of carboxylic acid groups (broad SMARTS) is 1. The number of aliphatic carboxylic acids is 1. The van der Waals surface area contributed by atoms with Crippen LogP contribution in [0.4, 0.5) is 0 Å². The maximum absolute atomic E-state index is 9.60. The molecule has 0 aliphatic heterocycles. The molecule has 0 aromatic rings. The van der Waals surface area contributed by atoms with E-state index < -0.39 is 5.97 Å². The van der Waals surface area contributed by atoms with E-state index in [9.17, 15) is 9.90 Å². The lowest BCUT2D eigenvalue weighted by Crippen LogP contribution is -2.30. The molecular formula is C15H28O5. The first kappa shape index (κ1) is 19.1. The Hall–Kier alpha value is -0.910. The van der Waals surface area contributed by atoms with Gasteiger partial charge in [0.05, 0.1) is 25.4 Å². The molecule has 118 valence electrons. The van der Waals surface area contributed by atoms with Crippen LogP contribution in [0.15, 0.2) is 12.2 Å². The summed E-state index contributed by atoms with van der Waals surface area (Å²) in [6, 6.07) is 0. The van der Waals surface area contributed by atoms with Gasteiger partial charge in [-0.05, 0) is 32.6 Å². The Morgan fingerprint density at radius 1 is 1.30 bits per heavy atom. The molecule has 5 heteroatoms. The Kier molecular flexibility index (Phi) is 8.69. The van der Waals surface area contributed by atoms with Crippen LogP contribution < -0.4 is 0 Å². The molecule has 1 aliphatic carbocycles. The van der Waals surface area contributed by atoms with E-state index in [1.165, 1.54) is 6.92 Å². The lowest BCUT2D eigenvalue weighted by Gasteiger charge is -2.29. The minimum Gasteiger partial charge on any atom is -0.478 e. The monoisotopic (exact) mass is 288 g/mol. The van der Waals surface area contributed by atoms with E-state index in [0.717, 1.165) is 25.7 Å². The first-order valence-corrected chi connectivity index (χ1v) is 6.97. The van der Waals surface area contributed by atoms with E-state index in [2.05, 4.69) is 6.58 Å². The van der Waals surface area contributed by atoms with Crippen molar-refractivity contribution in [3.8, 4) is 0 Å². The molecular weight excluding hydrogens is 260 g/mol. The van der Waals surface area contributed by atoms with Crippen molar-refractivity contribution in [1.82, 2.24) is 0 Å². The van der Waals surface area contributed by atoms with Gasteiger partial charge in [0.15, 0.2) is 0 Å². The normalized spacial score (nSPS) is 22.6. The van der Waals surface area contributed by atoms with Crippen molar-refractivity contribution in [3.05, 3.63) is 12.2 Å². The lowest BCUT2D eigenvalue weighted by molar-refractivity contribution is -0.132. The van der Waals surface area contributed by atoms with E-state index in [1.807, 2.05) is 13.8 Å². The van der Waals surface area contributed by atoms with Crippen molar-refractivity contribution >= 4 is 5.97 Å². The van der Waals surface area contributed by atoms with Gasteiger partial charge in [-0.3, -0.25) is 0 Å². The summed E-state index contributed by atoms with van der Waals surface area (Å²) < 4.78 is 5.72. The Morgan fingerprint density at radius 3 is 2.10 bits per heavy atom. The molecule has 0 aromatic heterocycles. The standard InChI is InChI=1S/C11H22O3.C4H6O2/c1-11(2,7-12)8-14-10-5-3-9(13)4-6-10;1-3(2)4(5)6/h9-10,12-13H,3-8H2,1-2H3;1H2,2H3,(H,5,6). The molecule has 0 radical (unpaired) electrons. The van der Waals surface area contributed by atoms with Crippen LogP contribution in [-0.4, -0.2) is 46.7 Å². The Morgan fingerprint density at radius 2 is 1.75 bits per heavy atom. The van der Waals surface area contributed by atoms with Crippen LogP contribution in [-0.2, 0) is 9.53 Å². The molecule has 0 heterocycles. The molecule has 5 nitrogen and oxygen atoms in total. The van der Waals surface area contributed by atoms with Gasteiger partial charge in [0, 0.05) is 11.0 Å². The third kappa shape index (κ3) is 9.07. The number of rotatable bonds is 5. The second-order valence-corrected chi connectivity index (χ2v) is 6.15. The highest BCUT2D eigenvalue weighted by Crippen LogP contribution is 2.23. The van der Waals surface area contributed by atoms with Crippen LogP contribution in [0.3, 0.4) is 0 Å². The van der Waals surface area contributed by atoms with Crippen LogP contribution in [0.25, 0.3) is 0 Å². The summed E-state index contributed by atoms with van der Waals surface area (Å²) in [5.41, 5.74) is 0.0331. The number of carbonyl (C=O) groups is 1. The van der Waals surface area contributed by atoms with E-state index in [0.29, 0.717) is 6.61 Å². The molecule has 0 spiro atoms. The largest absolute Gasteiger partial charge is 0.478 e.